The van der Waals surface area contributed by atoms with E-state index >= 15 is 0 Å². The number of halogens is 2. The highest BCUT2D eigenvalue weighted by Gasteiger charge is 2.17. The third kappa shape index (κ3) is 3.27. The van der Waals surface area contributed by atoms with Gasteiger partial charge in [0.1, 0.15) is 0 Å². The zero-order chi connectivity index (χ0) is 7.40. The summed E-state index contributed by atoms with van der Waals surface area (Å²) in [5, 5.41) is 0. The predicted octanol–water partition coefficient (Wildman–Crippen LogP) is 3.53. The molecule has 1 rings (SSSR count). The Morgan fingerprint density at radius 3 is 2.20 bits per heavy atom. The average molecular weight is 196 g/mol. The molecule has 0 saturated heterocycles. The topological polar surface area (TPSA) is 0 Å². The first kappa shape index (κ1) is 8.89. The number of rotatable bonds is 2. The van der Waals surface area contributed by atoms with Crippen molar-refractivity contribution in [3.05, 3.63) is 0 Å². The molecular formula is C7H13Cl2Si. The molecule has 0 unspecified atom stereocenters. The lowest BCUT2D eigenvalue weighted by atomic mass is 9.91. The highest BCUT2D eigenvalue weighted by atomic mass is 35.7. The first-order valence-electron chi connectivity index (χ1n) is 3.96. The van der Waals surface area contributed by atoms with Crippen LogP contribution in [0, 0.1) is 5.92 Å². The van der Waals surface area contributed by atoms with Crippen molar-refractivity contribution >= 4 is 29.6 Å². The van der Waals surface area contributed by atoms with E-state index in [2.05, 4.69) is 0 Å². The SMILES string of the molecule is Cl[Si](Cl)CC1CCCCC1. The van der Waals surface area contributed by atoms with E-state index in [9.17, 15) is 0 Å². The van der Waals surface area contributed by atoms with Crippen molar-refractivity contribution in [3.8, 4) is 0 Å². The molecule has 1 saturated carbocycles. The van der Waals surface area contributed by atoms with Gasteiger partial charge in [0.15, 0.2) is 0 Å². The standard InChI is InChI=1S/C7H13Cl2Si/c8-10(9)6-7-4-2-1-3-5-7/h7H,1-6H2. The average Bonchev–Trinajstić information content (AvgIpc) is 1.88. The summed E-state index contributed by atoms with van der Waals surface area (Å²) >= 11 is 11.6. The molecular weight excluding hydrogens is 183 g/mol. The van der Waals surface area contributed by atoms with Crippen molar-refractivity contribution in [1.82, 2.24) is 0 Å². The van der Waals surface area contributed by atoms with Gasteiger partial charge in [-0.2, -0.15) is 0 Å². The van der Waals surface area contributed by atoms with Crippen LogP contribution < -0.4 is 0 Å². The van der Waals surface area contributed by atoms with Gasteiger partial charge in [-0.1, -0.05) is 32.1 Å². The summed E-state index contributed by atoms with van der Waals surface area (Å²) in [5.41, 5.74) is 0. The van der Waals surface area contributed by atoms with Gasteiger partial charge in [0, 0.05) is 0 Å². The maximum Gasteiger partial charge on any atom is 0.274 e. The maximum absolute atomic E-state index is 5.78. The van der Waals surface area contributed by atoms with Crippen LogP contribution in [0.1, 0.15) is 32.1 Å². The second kappa shape index (κ2) is 4.63. The first-order valence-corrected chi connectivity index (χ1v) is 7.69. The Balaban J connectivity index is 2.13. The van der Waals surface area contributed by atoms with Crippen LogP contribution in [0.5, 0.6) is 0 Å². The molecule has 0 N–H and O–H groups in total. The molecule has 0 amide bonds. The zero-order valence-corrected chi connectivity index (χ0v) is 8.59. The van der Waals surface area contributed by atoms with E-state index in [-0.39, 0.29) is 0 Å². The molecule has 0 atom stereocenters. The molecule has 1 radical (unpaired) electrons. The van der Waals surface area contributed by atoms with Crippen LogP contribution in [0.25, 0.3) is 0 Å². The van der Waals surface area contributed by atoms with Crippen LogP contribution in [-0.4, -0.2) is 7.42 Å². The van der Waals surface area contributed by atoms with Gasteiger partial charge in [-0.25, -0.2) is 0 Å². The van der Waals surface area contributed by atoms with Gasteiger partial charge in [0.2, 0.25) is 0 Å². The van der Waals surface area contributed by atoms with Crippen LogP contribution in [0.3, 0.4) is 0 Å². The van der Waals surface area contributed by atoms with Crippen molar-refractivity contribution in [3.63, 3.8) is 0 Å². The smallest absolute Gasteiger partial charge is 0.147 e. The quantitative estimate of drug-likeness (QED) is 0.468. The van der Waals surface area contributed by atoms with Gasteiger partial charge in [0.25, 0.3) is 7.42 Å². The summed E-state index contributed by atoms with van der Waals surface area (Å²) in [4.78, 5) is 0. The molecule has 0 nitrogen and oxygen atoms in total. The summed E-state index contributed by atoms with van der Waals surface area (Å²) in [5.74, 6) is 0.859. The molecule has 10 heavy (non-hydrogen) atoms. The van der Waals surface area contributed by atoms with E-state index in [0.717, 1.165) is 12.0 Å². The second-order valence-corrected chi connectivity index (χ2v) is 7.45. The Hall–Kier alpha value is 0.797. The highest BCUT2D eigenvalue weighted by molar-refractivity contribution is 7.33. The lowest BCUT2D eigenvalue weighted by molar-refractivity contribution is 0.385. The highest BCUT2D eigenvalue weighted by Crippen LogP contribution is 2.28. The van der Waals surface area contributed by atoms with Gasteiger partial charge in [-0.05, 0) is 12.0 Å². The van der Waals surface area contributed by atoms with Crippen molar-refractivity contribution < 1.29 is 0 Å². The summed E-state index contributed by atoms with van der Waals surface area (Å²) in [6, 6.07) is 1.10. The summed E-state index contributed by atoms with van der Waals surface area (Å²) < 4.78 is 0. The fourth-order valence-electron chi connectivity index (χ4n) is 1.61. The Bertz CT molecular complexity index is 89.6. The van der Waals surface area contributed by atoms with Crippen LogP contribution >= 0.6 is 22.2 Å². The molecule has 0 heterocycles. The Morgan fingerprint density at radius 1 is 1.10 bits per heavy atom. The lowest BCUT2D eigenvalue weighted by Gasteiger charge is -2.20. The van der Waals surface area contributed by atoms with Crippen molar-refractivity contribution in [2.24, 2.45) is 5.92 Å². The van der Waals surface area contributed by atoms with Crippen LogP contribution in [0.4, 0.5) is 0 Å². The Kier molecular flexibility index (Phi) is 4.12. The molecule has 0 spiro atoms. The second-order valence-electron chi connectivity index (χ2n) is 3.05. The van der Waals surface area contributed by atoms with E-state index in [0.29, 0.717) is 0 Å². The van der Waals surface area contributed by atoms with Gasteiger partial charge in [-0.15, -0.1) is 22.2 Å². The molecule has 1 aliphatic carbocycles. The van der Waals surface area contributed by atoms with E-state index in [4.69, 9.17) is 22.2 Å². The summed E-state index contributed by atoms with van der Waals surface area (Å²) in [6.45, 7) is 0. The number of hydrogen-bond acceptors (Lipinski definition) is 0. The van der Waals surface area contributed by atoms with Gasteiger partial charge < -0.3 is 0 Å². The van der Waals surface area contributed by atoms with E-state index in [1.54, 1.807) is 0 Å². The molecule has 0 aromatic rings. The fourth-order valence-corrected chi connectivity index (χ4v) is 3.76. The maximum atomic E-state index is 5.78. The molecule has 1 aliphatic rings. The van der Waals surface area contributed by atoms with Crippen LogP contribution in [-0.2, 0) is 0 Å². The van der Waals surface area contributed by atoms with Crippen molar-refractivity contribution in [2.75, 3.05) is 0 Å². The largest absolute Gasteiger partial charge is 0.274 e. The summed E-state index contributed by atoms with van der Waals surface area (Å²) in [7, 11) is -0.989. The van der Waals surface area contributed by atoms with E-state index in [1.807, 2.05) is 0 Å². The number of hydrogen-bond donors (Lipinski definition) is 0. The van der Waals surface area contributed by atoms with Crippen molar-refractivity contribution in [2.45, 2.75) is 38.1 Å². The van der Waals surface area contributed by atoms with Crippen LogP contribution in [0.2, 0.25) is 6.04 Å². The molecule has 1 fully saturated rings. The molecule has 0 bridgehead atoms. The lowest BCUT2D eigenvalue weighted by Crippen LogP contribution is -2.10. The molecule has 0 aliphatic heterocycles. The van der Waals surface area contributed by atoms with Gasteiger partial charge in [0.05, 0.1) is 0 Å². The first-order chi connectivity index (χ1) is 4.79. The fraction of sp³-hybridized carbons (Fsp3) is 1.00. The molecule has 0 aromatic carbocycles. The Labute approximate surface area is 73.9 Å². The van der Waals surface area contributed by atoms with E-state index < -0.39 is 7.42 Å². The Morgan fingerprint density at radius 2 is 1.70 bits per heavy atom. The monoisotopic (exact) mass is 195 g/mol. The third-order valence-electron chi connectivity index (χ3n) is 2.17. The minimum atomic E-state index is -0.989. The third-order valence-corrected chi connectivity index (χ3v) is 3.98. The zero-order valence-electron chi connectivity index (χ0n) is 6.08. The molecule has 0 aromatic heterocycles. The van der Waals surface area contributed by atoms with E-state index in [1.165, 1.54) is 32.1 Å². The predicted molar refractivity (Wildman–Crippen MR) is 48.8 cm³/mol. The molecule has 59 valence electrons. The molecule has 3 heteroatoms. The van der Waals surface area contributed by atoms with Gasteiger partial charge >= 0.3 is 0 Å². The van der Waals surface area contributed by atoms with Crippen molar-refractivity contribution in [1.29, 1.82) is 0 Å². The minimum absolute atomic E-state index is 0.859. The van der Waals surface area contributed by atoms with Crippen LogP contribution in [0.15, 0.2) is 0 Å². The minimum Gasteiger partial charge on any atom is -0.147 e. The van der Waals surface area contributed by atoms with Gasteiger partial charge in [-0.3, -0.25) is 0 Å². The normalized spacial score (nSPS) is 21.9. The summed E-state index contributed by atoms with van der Waals surface area (Å²) in [6.07, 6.45) is 6.95.